The lowest BCUT2D eigenvalue weighted by atomic mass is 10.0. The molecule has 1 aliphatic heterocycles. The van der Waals surface area contributed by atoms with Crippen molar-refractivity contribution in [1.29, 1.82) is 0 Å². The molecule has 1 aliphatic rings. The molecule has 6 heteroatoms. The van der Waals surface area contributed by atoms with Gasteiger partial charge >= 0.3 is 0 Å². The minimum atomic E-state index is -0.297. The van der Waals surface area contributed by atoms with Crippen molar-refractivity contribution in [3.63, 3.8) is 0 Å². The van der Waals surface area contributed by atoms with Crippen molar-refractivity contribution in [3.8, 4) is 10.6 Å². The first-order valence-electron chi connectivity index (χ1n) is 8.66. The van der Waals surface area contributed by atoms with Crippen LogP contribution in [0.3, 0.4) is 0 Å². The van der Waals surface area contributed by atoms with Crippen molar-refractivity contribution >= 4 is 23.2 Å². The Kier molecular flexibility index (Phi) is 5.48. The number of thiazole rings is 1. The highest BCUT2D eigenvalue weighted by molar-refractivity contribution is 7.13. The van der Waals surface area contributed by atoms with E-state index in [2.05, 4.69) is 36.3 Å². The molecule has 2 heterocycles. The van der Waals surface area contributed by atoms with Gasteiger partial charge in [-0.1, -0.05) is 38.1 Å². The zero-order valence-corrected chi connectivity index (χ0v) is 15.4. The molecule has 0 bridgehead atoms. The van der Waals surface area contributed by atoms with Gasteiger partial charge in [0.15, 0.2) is 0 Å². The second-order valence-corrected chi connectivity index (χ2v) is 7.44. The first-order valence-corrected chi connectivity index (χ1v) is 9.54. The summed E-state index contributed by atoms with van der Waals surface area (Å²) in [5, 5.41) is 5.23. The number of likely N-dealkylation sites (tertiary alicyclic amines) is 1. The summed E-state index contributed by atoms with van der Waals surface area (Å²) in [5.74, 6) is 0.166. The van der Waals surface area contributed by atoms with E-state index in [0.717, 1.165) is 36.5 Å². The highest BCUT2D eigenvalue weighted by atomic mass is 32.1. The maximum Gasteiger partial charge on any atom is 0.271 e. The van der Waals surface area contributed by atoms with E-state index in [1.165, 1.54) is 16.9 Å². The Hall–Kier alpha value is -2.21. The molecule has 1 aromatic heterocycles. The fourth-order valence-corrected chi connectivity index (χ4v) is 3.65. The lowest BCUT2D eigenvalue weighted by molar-refractivity contribution is -0.129. The van der Waals surface area contributed by atoms with E-state index in [1.54, 1.807) is 10.3 Å². The normalized spacial score (nSPS) is 14.1. The number of carbonyl (C=O) groups excluding carboxylic acids is 2. The summed E-state index contributed by atoms with van der Waals surface area (Å²) in [6.45, 7) is 5.94. The van der Waals surface area contributed by atoms with Crippen LogP contribution < -0.4 is 5.32 Å². The van der Waals surface area contributed by atoms with Gasteiger partial charge in [0.05, 0.1) is 6.54 Å². The van der Waals surface area contributed by atoms with E-state index in [9.17, 15) is 9.59 Å². The average molecular weight is 357 g/mol. The summed E-state index contributed by atoms with van der Waals surface area (Å²) in [6.07, 6.45) is 2.09. The van der Waals surface area contributed by atoms with Crippen LogP contribution in [0.1, 0.15) is 48.7 Å². The monoisotopic (exact) mass is 357 g/mol. The van der Waals surface area contributed by atoms with Gasteiger partial charge in [0.25, 0.3) is 5.91 Å². The Morgan fingerprint density at radius 2 is 1.88 bits per heavy atom. The quantitative estimate of drug-likeness (QED) is 0.893. The van der Waals surface area contributed by atoms with Crippen molar-refractivity contribution in [2.75, 3.05) is 19.6 Å². The van der Waals surface area contributed by atoms with Crippen LogP contribution in [0.2, 0.25) is 0 Å². The van der Waals surface area contributed by atoms with Crippen LogP contribution in [0.15, 0.2) is 29.6 Å². The summed E-state index contributed by atoms with van der Waals surface area (Å²) in [6, 6.07) is 8.26. The van der Waals surface area contributed by atoms with E-state index < -0.39 is 0 Å². The molecule has 3 rings (SSSR count). The average Bonchev–Trinajstić information content (AvgIpc) is 3.31. The van der Waals surface area contributed by atoms with Gasteiger partial charge < -0.3 is 10.2 Å². The van der Waals surface area contributed by atoms with Crippen molar-refractivity contribution < 1.29 is 9.59 Å². The molecular formula is C19H23N3O2S. The minimum absolute atomic E-state index is 0.0226. The smallest absolute Gasteiger partial charge is 0.271 e. The summed E-state index contributed by atoms with van der Waals surface area (Å²) in [5.41, 5.74) is 2.64. The molecule has 2 amide bonds. The number of carbonyl (C=O) groups is 2. The maximum atomic E-state index is 12.2. The highest BCUT2D eigenvalue weighted by Gasteiger charge is 2.19. The van der Waals surface area contributed by atoms with Crippen molar-refractivity contribution in [3.05, 3.63) is 40.9 Å². The van der Waals surface area contributed by atoms with Crippen LogP contribution >= 0.6 is 11.3 Å². The van der Waals surface area contributed by atoms with Crippen LogP contribution in [0.4, 0.5) is 0 Å². The second-order valence-electron chi connectivity index (χ2n) is 6.59. The predicted molar refractivity (Wildman–Crippen MR) is 99.8 cm³/mol. The number of aromatic nitrogens is 1. The highest BCUT2D eigenvalue weighted by Crippen LogP contribution is 2.25. The van der Waals surface area contributed by atoms with Crippen molar-refractivity contribution in [1.82, 2.24) is 15.2 Å². The van der Waals surface area contributed by atoms with Gasteiger partial charge in [0.1, 0.15) is 10.7 Å². The molecule has 25 heavy (non-hydrogen) atoms. The molecule has 0 saturated carbocycles. The van der Waals surface area contributed by atoms with Gasteiger partial charge in [-0.3, -0.25) is 9.59 Å². The topological polar surface area (TPSA) is 62.3 Å². The molecule has 0 radical (unpaired) electrons. The van der Waals surface area contributed by atoms with E-state index >= 15 is 0 Å². The van der Waals surface area contributed by atoms with Gasteiger partial charge in [0, 0.05) is 24.0 Å². The Bertz CT molecular complexity index is 746. The van der Waals surface area contributed by atoms with Crippen LogP contribution in [0.5, 0.6) is 0 Å². The summed E-state index contributed by atoms with van der Waals surface area (Å²) < 4.78 is 0. The molecule has 2 aromatic rings. The van der Waals surface area contributed by atoms with E-state index in [0.29, 0.717) is 11.6 Å². The fourth-order valence-electron chi connectivity index (χ4n) is 2.85. The third kappa shape index (κ3) is 4.25. The maximum absolute atomic E-state index is 12.2. The SMILES string of the molecule is CC(C)c1ccc(-c2nc(C(=O)NCC(=O)N3CCCC3)cs2)cc1. The molecular weight excluding hydrogens is 334 g/mol. The standard InChI is InChI=1S/C19H23N3O2S/c1-13(2)14-5-7-15(8-6-14)19-21-16(12-25-19)18(24)20-11-17(23)22-9-3-4-10-22/h5-8,12-13H,3-4,9-11H2,1-2H3,(H,20,24). The molecule has 0 aliphatic carbocycles. The second kappa shape index (κ2) is 7.78. The third-order valence-electron chi connectivity index (χ3n) is 4.42. The zero-order chi connectivity index (χ0) is 17.8. The van der Waals surface area contributed by atoms with Crippen LogP contribution in [0.25, 0.3) is 10.6 Å². The van der Waals surface area contributed by atoms with E-state index in [1.807, 2.05) is 12.1 Å². The molecule has 1 fully saturated rings. The third-order valence-corrected chi connectivity index (χ3v) is 5.31. The first-order chi connectivity index (χ1) is 12.0. The Labute approximate surface area is 152 Å². The van der Waals surface area contributed by atoms with Gasteiger partial charge in [0.2, 0.25) is 5.91 Å². The Morgan fingerprint density at radius 3 is 2.52 bits per heavy atom. The zero-order valence-electron chi connectivity index (χ0n) is 14.6. The van der Waals surface area contributed by atoms with E-state index in [4.69, 9.17) is 0 Å². The largest absolute Gasteiger partial charge is 0.342 e. The van der Waals surface area contributed by atoms with Crippen molar-refractivity contribution in [2.45, 2.75) is 32.6 Å². The molecule has 0 spiro atoms. The first kappa shape index (κ1) is 17.6. The van der Waals surface area contributed by atoms with Gasteiger partial charge in [-0.2, -0.15) is 0 Å². The van der Waals surface area contributed by atoms with Crippen molar-refractivity contribution in [2.24, 2.45) is 0 Å². The number of rotatable bonds is 5. The molecule has 0 atom stereocenters. The summed E-state index contributed by atoms with van der Waals surface area (Å²) in [7, 11) is 0. The van der Waals surface area contributed by atoms with Crippen LogP contribution in [-0.2, 0) is 4.79 Å². The number of amides is 2. The minimum Gasteiger partial charge on any atom is -0.342 e. The lowest BCUT2D eigenvalue weighted by Crippen LogP contribution is -2.38. The summed E-state index contributed by atoms with van der Waals surface area (Å²) in [4.78, 5) is 30.4. The number of hydrogen-bond donors (Lipinski definition) is 1. The van der Waals surface area contributed by atoms with E-state index in [-0.39, 0.29) is 18.4 Å². The number of nitrogens with one attached hydrogen (secondary N) is 1. The summed E-state index contributed by atoms with van der Waals surface area (Å²) >= 11 is 1.44. The van der Waals surface area contributed by atoms with Gasteiger partial charge in [-0.15, -0.1) is 11.3 Å². The van der Waals surface area contributed by atoms with Gasteiger partial charge in [-0.25, -0.2) is 4.98 Å². The predicted octanol–water partition coefficient (Wildman–Crippen LogP) is 3.29. The Morgan fingerprint density at radius 1 is 1.20 bits per heavy atom. The van der Waals surface area contributed by atoms with Crippen LogP contribution in [-0.4, -0.2) is 41.3 Å². The van der Waals surface area contributed by atoms with Crippen LogP contribution in [0, 0.1) is 0 Å². The fraction of sp³-hybridized carbons (Fsp3) is 0.421. The number of nitrogens with zero attached hydrogens (tertiary/aromatic N) is 2. The molecule has 5 nitrogen and oxygen atoms in total. The van der Waals surface area contributed by atoms with Gasteiger partial charge in [-0.05, 0) is 24.3 Å². The number of hydrogen-bond acceptors (Lipinski definition) is 4. The number of benzene rings is 1. The molecule has 1 N–H and O–H groups in total. The molecule has 1 saturated heterocycles. The molecule has 0 unspecified atom stereocenters. The lowest BCUT2D eigenvalue weighted by Gasteiger charge is -2.15. The molecule has 132 valence electrons. The molecule has 1 aromatic carbocycles. The Balaban J connectivity index is 1.60.